The quantitative estimate of drug-likeness (QED) is 0.921. The zero-order valence-corrected chi connectivity index (χ0v) is 11.8. The van der Waals surface area contributed by atoms with E-state index in [-0.39, 0.29) is 12.3 Å². The summed E-state index contributed by atoms with van der Waals surface area (Å²) in [4.78, 5) is 22.1. The largest absolute Gasteiger partial charge is 0.375 e. The van der Waals surface area contributed by atoms with Gasteiger partial charge < -0.3 is 10.6 Å². The molecule has 0 radical (unpaired) electrons. The standard InChI is InChI=1S/C13H16N4OS/c1-9-4-3-5-10(15-9)7-17(2)12(18)6-11-8-19-13(14)16-11/h3-5,8H,6-7H2,1-2H3,(H2,14,16). The van der Waals surface area contributed by atoms with Crippen LogP contribution in [0.3, 0.4) is 0 Å². The molecule has 0 fully saturated rings. The number of nitrogens with two attached hydrogens (primary N) is 1. The Balaban J connectivity index is 1.96. The summed E-state index contributed by atoms with van der Waals surface area (Å²) in [6, 6.07) is 5.79. The van der Waals surface area contributed by atoms with Crippen LogP contribution in [0.1, 0.15) is 17.1 Å². The number of aromatic nitrogens is 2. The van der Waals surface area contributed by atoms with Gasteiger partial charge in [-0.05, 0) is 19.1 Å². The number of hydrogen-bond donors (Lipinski definition) is 1. The highest BCUT2D eigenvalue weighted by Crippen LogP contribution is 2.12. The molecule has 0 aliphatic carbocycles. The summed E-state index contributed by atoms with van der Waals surface area (Å²) in [6.45, 7) is 2.43. The number of nitrogen functional groups attached to an aromatic ring is 1. The highest BCUT2D eigenvalue weighted by Gasteiger charge is 2.12. The van der Waals surface area contributed by atoms with Gasteiger partial charge in [-0.1, -0.05) is 6.07 Å². The highest BCUT2D eigenvalue weighted by atomic mass is 32.1. The summed E-state index contributed by atoms with van der Waals surface area (Å²) in [6.07, 6.45) is 0.274. The van der Waals surface area contributed by atoms with E-state index in [1.807, 2.05) is 30.5 Å². The predicted molar refractivity (Wildman–Crippen MR) is 75.7 cm³/mol. The van der Waals surface area contributed by atoms with Gasteiger partial charge in [0, 0.05) is 18.1 Å². The van der Waals surface area contributed by atoms with Gasteiger partial charge in [0.1, 0.15) is 0 Å². The van der Waals surface area contributed by atoms with Crippen molar-refractivity contribution >= 4 is 22.4 Å². The molecular weight excluding hydrogens is 260 g/mol. The molecule has 2 heterocycles. The molecule has 2 N–H and O–H groups in total. The van der Waals surface area contributed by atoms with Crippen LogP contribution in [-0.2, 0) is 17.8 Å². The first-order valence-electron chi connectivity index (χ1n) is 5.91. The van der Waals surface area contributed by atoms with Gasteiger partial charge in [-0.15, -0.1) is 11.3 Å². The van der Waals surface area contributed by atoms with E-state index in [9.17, 15) is 4.79 Å². The van der Waals surface area contributed by atoms with Crippen molar-refractivity contribution in [2.45, 2.75) is 19.9 Å². The molecule has 0 aromatic carbocycles. The fraction of sp³-hybridized carbons (Fsp3) is 0.308. The average Bonchev–Trinajstić information content (AvgIpc) is 2.74. The zero-order chi connectivity index (χ0) is 13.8. The number of amides is 1. The van der Waals surface area contributed by atoms with Crippen LogP contribution in [0.5, 0.6) is 0 Å². The second-order valence-electron chi connectivity index (χ2n) is 4.37. The van der Waals surface area contributed by atoms with Crippen LogP contribution in [0, 0.1) is 6.92 Å². The number of hydrogen-bond acceptors (Lipinski definition) is 5. The zero-order valence-electron chi connectivity index (χ0n) is 11.0. The van der Waals surface area contributed by atoms with Crippen molar-refractivity contribution in [3.63, 3.8) is 0 Å². The lowest BCUT2D eigenvalue weighted by Crippen LogP contribution is -2.28. The van der Waals surface area contributed by atoms with Crippen LogP contribution in [0.2, 0.25) is 0 Å². The predicted octanol–water partition coefficient (Wildman–Crippen LogP) is 1.63. The van der Waals surface area contributed by atoms with E-state index in [0.717, 1.165) is 17.1 Å². The van der Waals surface area contributed by atoms with Gasteiger partial charge in [0.15, 0.2) is 5.13 Å². The molecule has 19 heavy (non-hydrogen) atoms. The molecule has 2 aromatic rings. The summed E-state index contributed by atoms with van der Waals surface area (Å²) in [5.74, 6) is 0.00797. The fourth-order valence-corrected chi connectivity index (χ4v) is 2.28. The van der Waals surface area contributed by atoms with Crippen LogP contribution in [-0.4, -0.2) is 27.8 Å². The van der Waals surface area contributed by atoms with E-state index in [4.69, 9.17) is 5.73 Å². The van der Waals surface area contributed by atoms with Gasteiger partial charge in [0.05, 0.1) is 24.4 Å². The number of rotatable bonds is 4. The molecule has 0 unspecified atom stereocenters. The third-order valence-electron chi connectivity index (χ3n) is 2.67. The SMILES string of the molecule is Cc1cccc(CN(C)C(=O)Cc2csc(N)n2)n1. The Morgan fingerprint density at radius 3 is 2.79 bits per heavy atom. The Morgan fingerprint density at radius 2 is 2.16 bits per heavy atom. The Bertz CT molecular complexity index is 582. The minimum Gasteiger partial charge on any atom is -0.375 e. The van der Waals surface area contributed by atoms with Crippen LogP contribution >= 0.6 is 11.3 Å². The average molecular weight is 276 g/mol. The van der Waals surface area contributed by atoms with Crippen molar-refractivity contribution in [1.29, 1.82) is 0 Å². The van der Waals surface area contributed by atoms with Crippen molar-refractivity contribution in [3.8, 4) is 0 Å². The third-order valence-corrected chi connectivity index (χ3v) is 3.40. The number of nitrogens with zero attached hydrogens (tertiary/aromatic N) is 3. The first-order chi connectivity index (χ1) is 9.04. The molecule has 2 aromatic heterocycles. The normalized spacial score (nSPS) is 10.4. The van der Waals surface area contributed by atoms with Gasteiger partial charge in [-0.3, -0.25) is 9.78 Å². The van der Waals surface area contributed by atoms with Gasteiger partial charge in [-0.2, -0.15) is 0 Å². The summed E-state index contributed by atoms with van der Waals surface area (Å²) in [5.41, 5.74) is 8.09. The fourth-order valence-electron chi connectivity index (χ4n) is 1.71. The van der Waals surface area contributed by atoms with Crippen molar-refractivity contribution in [3.05, 3.63) is 40.7 Å². The van der Waals surface area contributed by atoms with Crippen molar-refractivity contribution in [2.75, 3.05) is 12.8 Å². The summed E-state index contributed by atoms with van der Waals surface area (Å²) >= 11 is 1.35. The van der Waals surface area contributed by atoms with E-state index >= 15 is 0 Å². The van der Waals surface area contributed by atoms with Crippen molar-refractivity contribution in [2.24, 2.45) is 0 Å². The van der Waals surface area contributed by atoms with E-state index in [0.29, 0.717) is 11.7 Å². The molecule has 0 atom stereocenters. The molecule has 0 saturated heterocycles. The van der Waals surface area contributed by atoms with Gasteiger partial charge in [-0.25, -0.2) is 4.98 Å². The Hall–Kier alpha value is -1.95. The molecule has 5 nitrogen and oxygen atoms in total. The van der Waals surface area contributed by atoms with E-state index in [1.54, 1.807) is 11.9 Å². The highest BCUT2D eigenvalue weighted by molar-refractivity contribution is 7.13. The Kier molecular flexibility index (Phi) is 4.11. The molecule has 6 heteroatoms. The number of aryl methyl sites for hydroxylation is 1. The first kappa shape index (κ1) is 13.5. The number of carbonyl (C=O) groups excluding carboxylic acids is 1. The number of anilines is 1. The minimum absolute atomic E-state index is 0.00797. The maximum absolute atomic E-state index is 12.0. The minimum atomic E-state index is 0.00797. The molecule has 2 rings (SSSR count). The van der Waals surface area contributed by atoms with Crippen LogP contribution in [0.4, 0.5) is 5.13 Å². The number of pyridine rings is 1. The van der Waals surface area contributed by atoms with E-state index in [2.05, 4.69) is 9.97 Å². The Labute approximate surface area is 116 Å². The van der Waals surface area contributed by atoms with Crippen LogP contribution in [0.15, 0.2) is 23.6 Å². The molecule has 0 bridgehead atoms. The molecule has 100 valence electrons. The maximum Gasteiger partial charge on any atom is 0.228 e. The topological polar surface area (TPSA) is 72.1 Å². The Morgan fingerprint density at radius 1 is 1.37 bits per heavy atom. The molecule has 0 saturated carbocycles. The molecule has 0 aliphatic rings. The van der Waals surface area contributed by atoms with Crippen molar-refractivity contribution < 1.29 is 4.79 Å². The second kappa shape index (κ2) is 5.79. The molecule has 0 spiro atoms. The van der Waals surface area contributed by atoms with Crippen LogP contribution < -0.4 is 5.73 Å². The summed E-state index contributed by atoms with van der Waals surface area (Å²) in [7, 11) is 1.77. The monoisotopic (exact) mass is 276 g/mol. The van der Waals surface area contributed by atoms with Gasteiger partial charge in [0.2, 0.25) is 5.91 Å². The lowest BCUT2D eigenvalue weighted by molar-refractivity contribution is -0.129. The van der Waals surface area contributed by atoms with Gasteiger partial charge in [0.25, 0.3) is 0 Å². The van der Waals surface area contributed by atoms with Gasteiger partial charge >= 0.3 is 0 Å². The smallest absolute Gasteiger partial charge is 0.228 e. The van der Waals surface area contributed by atoms with E-state index < -0.39 is 0 Å². The number of likely N-dealkylation sites (N-methyl/N-ethyl adjacent to an activating group) is 1. The molecular formula is C13H16N4OS. The lowest BCUT2D eigenvalue weighted by Gasteiger charge is -2.16. The lowest BCUT2D eigenvalue weighted by atomic mass is 10.2. The van der Waals surface area contributed by atoms with E-state index in [1.165, 1.54) is 11.3 Å². The number of carbonyl (C=O) groups is 1. The summed E-state index contributed by atoms with van der Waals surface area (Å²) in [5, 5.41) is 2.30. The van der Waals surface area contributed by atoms with Crippen LogP contribution in [0.25, 0.3) is 0 Å². The first-order valence-corrected chi connectivity index (χ1v) is 6.79. The molecule has 1 amide bonds. The summed E-state index contributed by atoms with van der Waals surface area (Å²) < 4.78 is 0. The van der Waals surface area contributed by atoms with Crippen molar-refractivity contribution in [1.82, 2.24) is 14.9 Å². The number of thiazole rings is 1. The third kappa shape index (κ3) is 3.75. The second-order valence-corrected chi connectivity index (χ2v) is 5.26. The molecule has 0 aliphatic heterocycles. The maximum atomic E-state index is 12.0.